The third-order valence-electron chi connectivity index (χ3n) is 2.38. The number of rotatable bonds is 7. The zero-order chi connectivity index (χ0) is 13.3. The summed E-state index contributed by atoms with van der Waals surface area (Å²) in [6, 6.07) is -0.552. The summed E-state index contributed by atoms with van der Waals surface area (Å²) in [4.78, 5) is 23.8. The predicted octanol–water partition coefficient (Wildman–Crippen LogP) is 1.29. The van der Waals surface area contributed by atoms with Gasteiger partial charge in [-0.2, -0.15) is 0 Å². The quantitative estimate of drug-likeness (QED) is 0.520. The van der Waals surface area contributed by atoms with Crippen molar-refractivity contribution >= 4 is 12.0 Å². The van der Waals surface area contributed by atoms with E-state index >= 15 is 0 Å². The van der Waals surface area contributed by atoms with Crippen molar-refractivity contribution in [2.24, 2.45) is 0 Å². The first-order valence-electron chi connectivity index (χ1n) is 5.72. The summed E-state index contributed by atoms with van der Waals surface area (Å²) >= 11 is 0. The molecule has 0 saturated heterocycles. The molecule has 0 bridgehead atoms. The van der Waals surface area contributed by atoms with Crippen molar-refractivity contribution < 1.29 is 14.7 Å². The molecule has 0 aromatic rings. The second-order valence-corrected chi connectivity index (χ2v) is 3.77. The van der Waals surface area contributed by atoms with Gasteiger partial charge in [0.2, 0.25) is 0 Å². The Morgan fingerprint density at radius 3 is 2.65 bits per heavy atom. The van der Waals surface area contributed by atoms with E-state index in [4.69, 9.17) is 11.5 Å². The van der Waals surface area contributed by atoms with Crippen molar-refractivity contribution in [2.45, 2.75) is 39.2 Å². The number of amides is 2. The van der Waals surface area contributed by atoms with Crippen molar-refractivity contribution in [3.8, 4) is 12.3 Å². The third-order valence-corrected chi connectivity index (χ3v) is 2.38. The van der Waals surface area contributed by atoms with Crippen LogP contribution in [0, 0.1) is 12.3 Å². The van der Waals surface area contributed by atoms with E-state index < -0.39 is 5.97 Å². The van der Waals surface area contributed by atoms with Crippen LogP contribution in [0.25, 0.3) is 0 Å². The molecule has 2 N–H and O–H groups in total. The number of carbonyl (C=O) groups excluding carboxylic acids is 1. The fourth-order valence-corrected chi connectivity index (χ4v) is 1.51. The molecule has 1 unspecified atom stereocenters. The molecule has 0 aromatic carbocycles. The molecule has 2 amide bonds. The van der Waals surface area contributed by atoms with Gasteiger partial charge in [-0.15, -0.1) is 12.3 Å². The average molecular weight is 240 g/mol. The number of hydrogen-bond acceptors (Lipinski definition) is 2. The molecular formula is C12H20N2O3. The molecule has 96 valence electrons. The molecule has 0 aliphatic heterocycles. The van der Waals surface area contributed by atoms with E-state index in [0.717, 1.165) is 6.42 Å². The number of carboxylic acids is 1. The summed E-state index contributed by atoms with van der Waals surface area (Å²) in [6.07, 6.45) is 6.40. The van der Waals surface area contributed by atoms with E-state index in [9.17, 15) is 9.59 Å². The lowest BCUT2D eigenvalue weighted by Crippen LogP contribution is -2.45. The molecule has 0 aliphatic rings. The number of carbonyl (C=O) groups is 2. The Bertz CT molecular complexity index is 297. The number of nitrogens with zero attached hydrogens (tertiary/aromatic N) is 1. The number of unbranched alkanes of at least 4 members (excludes halogenated alkanes) is 1. The maximum Gasteiger partial charge on any atom is 0.317 e. The first kappa shape index (κ1) is 15.3. The molecule has 5 heteroatoms. The Balaban J connectivity index is 4.12. The fourth-order valence-electron chi connectivity index (χ4n) is 1.51. The zero-order valence-electron chi connectivity index (χ0n) is 10.4. The predicted molar refractivity (Wildman–Crippen MR) is 65.6 cm³/mol. The van der Waals surface area contributed by atoms with Crippen molar-refractivity contribution in [2.75, 3.05) is 13.1 Å². The molecule has 0 radical (unpaired) electrons. The SMILES string of the molecule is C#CCCCNC(=O)N(CC)C(C)CC(=O)O. The minimum absolute atomic E-state index is 0.0500. The Hall–Kier alpha value is -1.70. The fraction of sp³-hybridized carbons (Fsp3) is 0.667. The Labute approximate surface area is 102 Å². The van der Waals surface area contributed by atoms with Gasteiger partial charge < -0.3 is 15.3 Å². The summed E-state index contributed by atoms with van der Waals surface area (Å²) in [7, 11) is 0. The van der Waals surface area contributed by atoms with Crippen LogP contribution in [0.4, 0.5) is 4.79 Å². The molecule has 17 heavy (non-hydrogen) atoms. The third kappa shape index (κ3) is 6.46. The number of nitrogens with one attached hydrogen (secondary N) is 1. The van der Waals surface area contributed by atoms with Crippen molar-refractivity contribution in [1.29, 1.82) is 0 Å². The first-order chi connectivity index (χ1) is 8.02. The van der Waals surface area contributed by atoms with E-state index in [1.165, 1.54) is 4.90 Å². The number of carboxylic acid groups (broad SMARTS) is 1. The van der Waals surface area contributed by atoms with Crippen LogP contribution in [-0.4, -0.2) is 41.1 Å². The van der Waals surface area contributed by atoms with E-state index in [0.29, 0.717) is 19.5 Å². The highest BCUT2D eigenvalue weighted by Gasteiger charge is 2.19. The number of terminal acetylenes is 1. The van der Waals surface area contributed by atoms with Crippen LogP contribution >= 0.6 is 0 Å². The molecule has 0 heterocycles. The van der Waals surface area contributed by atoms with Crippen LogP contribution in [0.15, 0.2) is 0 Å². The molecule has 0 rings (SSSR count). The van der Waals surface area contributed by atoms with Gasteiger partial charge in [0.25, 0.3) is 0 Å². The van der Waals surface area contributed by atoms with Gasteiger partial charge in [0, 0.05) is 25.6 Å². The lowest BCUT2D eigenvalue weighted by molar-refractivity contribution is -0.138. The molecule has 0 fully saturated rings. The minimum Gasteiger partial charge on any atom is -0.481 e. The van der Waals surface area contributed by atoms with Gasteiger partial charge in [-0.25, -0.2) is 4.79 Å². The second-order valence-electron chi connectivity index (χ2n) is 3.77. The van der Waals surface area contributed by atoms with Crippen LogP contribution in [0.3, 0.4) is 0 Å². The van der Waals surface area contributed by atoms with Gasteiger partial charge in [0.05, 0.1) is 6.42 Å². The second kappa shape index (κ2) is 8.45. The number of aliphatic carboxylic acids is 1. The van der Waals surface area contributed by atoms with Crippen LogP contribution in [0.1, 0.15) is 33.1 Å². The topological polar surface area (TPSA) is 69.6 Å². The highest BCUT2D eigenvalue weighted by Crippen LogP contribution is 2.04. The van der Waals surface area contributed by atoms with Crippen molar-refractivity contribution in [1.82, 2.24) is 10.2 Å². The van der Waals surface area contributed by atoms with Crippen LogP contribution < -0.4 is 5.32 Å². The van der Waals surface area contributed by atoms with Gasteiger partial charge in [-0.05, 0) is 20.3 Å². The van der Waals surface area contributed by atoms with Gasteiger partial charge in [0.1, 0.15) is 0 Å². The summed E-state index contributed by atoms with van der Waals surface area (Å²) in [6.45, 7) is 4.53. The Morgan fingerprint density at radius 2 is 2.18 bits per heavy atom. The first-order valence-corrected chi connectivity index (χ1v) is 5.72. The van der Waals surface area contributed by atoms with Gasteiger partial charge >= 0.3 is 12.0 Å². The highest BCUT2D eigenvalue weighted by atomic mass is 16.4. The monoisotopic (exact) mass is 240 g/mol. The van der Waals surface area contributed by atoms with Gasteiger partial charge in [0.15, 0.2) is 0 Å². The summed E-state index contributed by atoms with van der Waals surface area (Å²) < 4.78 is 0. The smallest absolute Gasteiger partial charge is 0.317 e. The maximum atomic E-state index is 11.7. The van der Waals surface area contributed by atoms with Gasteiger partial charge in [-0.3, -0.25) is 4.79 Å². The lowest BCUT2D eigenvalue weighted by Gasteiger charge is -2.27. The molecule has 1 atom stereocenters. The van der Waals surface area contributed by atoms with Crippen molar-refractivity contribution in [3.05, 3.63) is 0 Å². The van der Waals surface area contributed by atoms with E-state index in [1.54, 1.807) is 6.92 Å². The summed E-state index contributed by atoms with van der Waals surface area (Å²) in [5.41, 5.74) is 0. The average Bonchev–Trinajstić information content (AvgIpc) is 2.24. The number of hydrogen-bond donors (Lipinski definition) is 2. The zero-order valence-corrected chi connectivity index (χ0v) is 10.4. The summed E-state index contributed by atoms with van der Waals surface area (Å²) in [5.74, 6) is 1.58. The van der Waals surface area contributed by atoms with Crippen LogP contribution in [0.2, 0.25) is 0 Å². The number of urea groups is 1. The Kier molecular flexibility index (Phi) is 7.61. The van der Waals surface area contributed by atoms with Crippen LogP contribution in [0.5, 0.6) is 0 Å². The van der Waals surface area contributed by atoms with E-state index in [-0.39, 0.29) is 18.5 Å². The summed E-state index contributed by atoms with van der Waals surface area (Å²) in [5, 5.41) is 11.4. The largest absolute Gasteiger partial charge is 0.481 e. The van der Waals surface area contributed by atoms with Gasteiger partial charge in [-0.1, -0.05) is 0 Å². The lowest BCUT2D eigenvalue weighted by atomic mass is 10.2. The molecular weight excluding hydrogens is 220 g/mol. The molecule has 0 aliphatic carbocycles. The normalized spacial score (nSPS) is 11.4. The van der Waals surface area contributed by atoms with E-state index in [2.05, 4.69) is 11.2 Å². The molecule has 0 spiro atoms. The highest BCUT2D eigenvalue weighted by molar-refractivity contribution is 5.75. The van der Waals surface area contributed by atoms with E-state index in [1.807, 2.05) is 6.92 Å². The van der Waals surface area contributed by atoms with Crippen molar-refractivity contribution in [3.63, 3.8) is 0 Å². The Morgan fingerprint density at radius 1 is 1.53 bits per heavy atom. The molecule has 0 saturated carbocycles. The van der Waals surface area contributed by atoms with Crippen LogP contribution in [-0.2, 0) is 4.79 Å². The maximum absolute atomic E-state index is 11.7. The molecule has 0 aromatic heterocycles. The minimum atomic E-state index is -0.906. The standard InChI is InChI=1S/C12H20N2O3/c1-4-6-7-8-13-12(17)14(5-2)10(3)9-11(15)16/h1,10H,5-9H2,2-3H3,(H,13,17)(H,15,16). The molecule has 5 nitrogen and oxygen atoms in total.